The molecule has 0 saturated carbocycles. The number of unbranched alkanes of at least 4 members (excludes halogenated alkanes) is 23. The second kappa shape index (κ2) is 74.2. The van der Waals surface area contributed by atoms with E-state index in [1.54, 1.807) is 6.08 Å². The van der Waals surface area contributed by atoms with Gasteiger partial charge in [-0.05, 0) is 122 Å². The van der Waals surface area contributed by atoms with E-state index >= 15 is 0 Å². The van der Waals surface area contributed by atoms with E-state index in [0.717, 1.165) is 167 Å². The van der Waals surface area contributed by atoms with Crippen molar-refractivity contribution in [1.82, 2.24) is 0 Å². The highest BCUT2D eigenvalue weighted by atomic mass is 31.2. The number of esters is 4. The fourth-order valence-electron chi connectivity index (χ4n) is 10.0. The van der Waals surface area contributed by atoms with Gasteiger partial charge in [0.1, 0.15) is 19.3 Å². The SMILES string of the molecule is CC/C=C\C/C=C\C/C=C\C/C=C\C/C=C\CC(=O)OCC(COP(=O)(O)OCC(O)COP(=O)(O)OCC(COC(=O)CCCCCC/C=C\C/C=C\C/C=C\C/C=C\CC)OC(=O)CCCCCCCCC/C=C\C/C=C\C/C=C\CC)OC(=O)CCCCCCCCCCCCCCC. The Kier molecular flexibility index (Phi) is 70.5. The number of aliphatic hydroxyl groups is 1. The lowest BCUT2D eigenvalue weighted by atomic mass is 10.0. The van der Waals surface area contributed by atoms with Crippen molar-refractivity contribution in [3.05, 3.63) is 146 Å². The number of phosphoric acid groups is 2. The molecule has 0 rings (SSSR count). The number of rotatable bonds is 72. The third-order valence-electron chi connectivity index (χ3n) is 15.8. The average Bonchev–Trinajstić information content (AvgIpc) is 0.908. The minimum Gasteiger partial charge on any atom is -0.462 e. The van der Waals surface area contributed by atoms with Gasteiger partial charge in [-0.15, -0.1) is 0 Å². The Morgan fingerprint density at radius 2 is 0.549 bits per heavy atom. The van der Waals surface area contributed by atoms with Gasteiger partial charge in [0.2, 0.25) is 0 Å². The molecule has 19 heteroatoms. The van der Waals surface area contributed by atoms with Crippen molar-refractivity contribution in [3.63, 3.8) is 0 Å². The maximum atomic E-state index is 13.1. The molecule has 5 unspecified atom stereocenters. The lowest BCUT2D eigenvalue weighted by molar-refractivity contribution is -0.161. The maximum Gasteiger partial charge on any atom is 0.472 e. The zero-order valence-corrected chi connectivity index (χ0v) is 65.3. The molecule has 0 aromatic heterocycles. The fraction of sp³-hybridized carbons (Fsp3) is 0.663. The highest BCUT2D eigenvalue weighted by Crippen LogP contribution is 2.45. The number of phosphoric ester groups is 2. The predicted molar refractivity (Wildman–Crippen MR) is 417 cm³/mol. The number of hydrogen-bond donors (Lipinski definition) is 3. The van der Waals surface area contributed by atoms with E-state index in [1.807, 2.05) is 18.2 Å². The molecule has 0 aromatic rings. The summed E-state index contributed by atoms with van der Waals surface area (Å²) in [6.45, 7) is 4.39. The van der Waals surface area contributed by atoms with Crippen LogP contribution in [0.15, 0.2) is 146 Å². The molecule has 0 heterocycles. The average molecular weight is 1470 g/mol. The Morgan fingerprint density at radius 3 is 0.873 bits per heavy atom. The van der Waals surface area contributed by atoms with Gasteiger partial charge in [-0.2, -0.15) is 0 Å². The van der Waals surface area contributed by atoms with Crippen molar-refractivity contribution >= 4 is 39.5 Å². The second-order valence-electron chi connectivity index (χ2n) is 25.5. The normalized spacial score (nSPS) is 14.7. The fourth-order valence-corrected chi connectivity index (χ4v) is 11.6. The van der Waals surface area contributed by atoms with Gasteiger partial charge in [0.05, 0.1) is 32.8 Å². The van der Waals surface area contributed by atoms with Crippen molar-refractivity contribution in [1.29, 1.82) is 0 Å². The summed E-state index contributed by atoms with van der Waals surface area (Å²) in [4.78, 5) is 72.9. The first-order valence-corrected chi connectivity index (χ1v) is 42.1. The van der Waals surface area contributed by atoms with Crippen LogP contribution in [0, 0.1) is 0 Å². The van der Waals surface area contributed by atoms with E-state index in [-0.39, 0.29) is 25.7 Å². The van der Waals surface area contributed by atoms with Crippen LogP contribution in [0.5, 0.6) is 0 Å². The number of hydrogen-bond acceptors (Lipinski definition) is 15. The highest BCUT2D eigenvalue weighted by molar-refractivity contribution is 7.47. The monoisotopic (exact) mass is 1470 g/mol. The van der Waals surface area contributed by atoms with Crippen LogP contribution in [0.25, 0.3) is 0 Å². The lowest BCUT2D eigenvalue weighted by Gasteiger charge is -2.21. The molecule has 582 valence electrons. The molecule has 0 aliphatic heterocycles. The van der Waals surface area contributed by atoms with E-state index in [0.29, 0.717) is 25.7 Å². The summed E-state index contributed by atoms with van der Waals surface area (Å²) in [5.41, 5.74) is 0. The summed E-state index contributed by atoms with van der Waals surface area (Å²) < 4.78 is 68.4. The van der Waals surface area contributed by atoms with Gasteiger partial charge >= 0.3 is 39.5 Å². The summed E-state index contributed by atoms with van der Waals surface area (Å²) in [7, 11) is -9.99. The van der Waals surface area contributed by atoms with E-state index < -0.39 is 97.5 Å². The molecule has 0 fully saturated rings. The molecular formula is C83H138O17P2. The van der Waals surface area contributed by atoms with Crippen LogP contribution >= 0.6 is 15.6 Å². The van der Waals surface area contributed by atoms with Crippen molar-refractivity contribution in [2.75, 3.05) is 39.6 Å². The highest BCUT2D eigenvalue weighted by Gasteiger charge is 2.30. The van der Waals surface area contributed by atoms with Gasteiger partial charge in [-0.3, -0.25) is 37.3 Å². The molecule has 17 nitrogen and oxygen atoms in total. The smallest absolute Gasteiger partial charge is 0.462 e. The summed E-state index contributed by atoms with van der Waals surface area (Å²) in [5.74, 6) is -2.36. The summed E-state index contributed by atoms with van der Waals surface area (Å²) in [6, 6.07) is 0. The van der Waals surface area contributed by atoms with Crippen LogP contribution in [0.4, 0.5) is 0 Å². The van der Waals surface area contributed by atoms with Gasteiger partial charge in [0.15, 0.2) is 12.2 Å². The van der Waals surface area contributed by atoms with Crippen LogP contribution in [0.2, 0.25) is 0 Å². The Balaban J connectivity index is 5.45. The van der Waals surface area contributed by atoms with Gasteiger partial charge in [-0.25, -0.2) is 9.13 Å². The molecule has 0 amide bonds. The van der Waals surface area contributed by atoms with Crippen LogP contribution in [0.3, 0.4) is 0 Å². The Bertz CT molecular complexity index is 2510. The maximum absolute atomic E-state index is 13.1. The number of carbonyl (C=O) groups excluding carboxylic acids is 4. The van der Waals surface area contributed by atoms with Gasteiger partial charge in [0.25, 0.3) is 0 Å². The number of allylic oxidation sites excluding steroid dienone is 23. The molecule has 0 spiro atoms. The van der Waals surface area contributed by atoms with Crippen molar-refractivity contribution < 1.29 is 80.2 Å². The minimum atomic E-state index is -5.00. The molecule has 5 atom stereocenters. The van der Waals surface area contributed by atoms with Gasteiger partial charge < -0.3 is 33.8 Å². The zero-order valence-electron chi connectivity index (χ0n) is 63.5. The van der Waals surface area contributed by atoms with Gasteiger partial charge in [0, 0.05) is 19.3 Å². The summed E-state index contributed by atoms with van der Waals surface area (Å²) >= 11 is 0. The first kappa shape index (κ1) is 96.9. The number of carbonyl (C=O) groups is 4. The Labute approximate surface area is 617 Å². The summed E-state index contributed by atoms with van der Waals surface area (Å²) in [6.07, 6.45) is 84.3. The van der Waals surface area contributed by atoms with E-state index in [1.165, 1.54) is 51.4 Å². The topological polar surface area (TPSA) is 237 Å². The molecule has 0 aliphatic carbocycles. The van der Waals surface area contributed by atoms with Crippen molar-refractivity contribution in [3.8, 4) is 0 Å². The Morgan fingerprint density at radius 1 is 0.294 bits per heavy atom. The third kappa shape index (κ3) is 73.3. The van der Waals surface area contributed by atoms with Crippen LogP contribution in [-0.2, 0) is 65.4 Å². The van der Waals surface area contributed by atoms with Crippen LogP contribution in [0.1, 0.15) is 297 Å². The van der Waals surface area contributed by atoms with Gasteiger partial charge in [-0.1, -0.05) is 296 Å². The molecular weight excluding hydrogens is 1330 g/mol. The van der Waals surface area contributed by atoms with E-state index in [4.69, 9.17) is 37.0 Å². The lowest BCUT2D eigenvalue weighted by Crippen LogP contribution is -2.30. The van der Waals surface area contributed by atoms with Crippen molar-refractivity contribution in [2.24, 2.45) is 0 Å². The molecule has 0 radical (unpaired) electrons. The molecule has 0 aliphatic rings. The third-order valence-corrected chi connectivity index (χ3v) is 17.7. The van der Waals surface area contributed by atoms with Crippen LogP contribution in [-0.4, -0.2) is 96.7 Å². The zero-order chi connectivity index (χ0) is 74.6. The molecule has 102 heavy (non-hydrogen) atoms. The Hall–Kier alpha value is -5.06. The number of aliphatic hydroxyl groups excluding tert-OH is 1. The largest absolute Gasteiger partial charge is 0.472 e. The predicted octanol–water partition coefficient (Wildman–Crippen LogP) is 22.7. The van der Waals surface area contributed by atoms with Crippen LogP contribution < -0.4 is 0 Å². The first-order valence-electron chi connectivity index (χ1n) is 39.1. The standard InChI is InChI=1S/C83H138O17P2/c1-5-9-13-17-21-25-29-33-36-38-41-45-48-52-56-60-64-68-81(86)94-74-79(100-83(88)70-66-62-58-54-50-46-42-39-37-34-30-26-22-18-14-10-6-2)76-98-102(91,92)96-72-77(84)71-95-101(89,90)97-75-78(99-82(87)69-65-61-57-53-49-43-32-28-24-20-16-12-8-4)73-93-80(85)67-63-59-55-51-47-44-40-35-31-27-23-19-15-11-7-3/h9-11,13-15,21-23,25-27,33-37,40-41,45,47,51,59,63,77-79,84H,5-8,12,16-20,24,28-32,38-39,42-44,46,48-50,52-58,60-62,64-76H2,1-4H3,(H,89,90)(H,91,92)/b13-9-,14-10-,15-11-,25-21-,26-22-,27-23-,36-33-,37-34-,40-35-,45-41-,51-47-,63-59-. The van der Waals surface area contributed by atoms with Crippen molar-refractivity contribution in [2.45, 2.75) is 316 Å². The van der Waals surface area contributed by atoms with E-state index in [9.17, 15) is 43.2 Å². The molecule has 0 saturated heterocycles. The quantitative estimate of drug-likeness (QED) is 0.0169. The molecule has 0 bridgehead atoms. The second-order valence-corrected chi connectivity index (χ2v) is 28.4. The van der Waals surface area contributed by atoms with E-state index in [2.05, 4.69) is 149 Å². The molecule has 0 aromatic carbocycles. The minimum absolute atomic E-state index is 0.0720. The first-order chi connectivity index (χ1) is 49.7. The molecule has 3 N–H and O–H groups in total. The summed E-state index contributed by atoms with van der Waals surface area (Å²) in [5, 5.41) is 10.6. The number of ether oxygens (including phenoxy) is 4.